The molecule has 0 aliphatic heterocycles. The van der Waals surface area contributed by atoms with Crippen LogP contribution in [-0.2, 0) is 11.3 Å². The molecule has 5 nitrogen and oxygen atoms in total. The van der Waals surface area contributed by atoms with Crippen molar-refractivity contribution in [1.82, 2.24) is 15.3 Å². The maximum Gasteiger partial charge on any atom is 0.255 e. The lowest BCUT2D eigenvalue weighted by atomic mass is 10.1. The van der Waals surface area contributed by atoms with E-state index in [-0.39, 0.29) is 18.3 Å². The molecule has 0 aliphatic carbocycles. The molecule has 1 aromatic heterocycles. The van der Waals surface area contributed by atoms with Crippen molar-refractivity contribution in [3.8, 4) is 5.75 Å². The van der Waals surface area contributed by atoms with Gasteiger partial charge in [-0.1, -0.05) is 36.4 Å². The molecule has 31 heavy (non-hydrogen) atoms. The lowest BCUT2D eigenvalue weighted by Crippen LogP contribution is -2.24. The Hall–Kier alpha value is -3.93. The van der Waals surface area contributed by atoms with Gasteiger partial charge in [0.25, 0.3) is 5.91 Å². The Bertz CT molecular complexity index is 1180. The van der Waals surface area contributed by atoms with Crippen molar-refractivity contribution < 1.29 is 13.9 Å². The van der Waals surface area contributed by atoms with Crippen molar-refractivity contribution in [2.45, 2.75) is 13.5 Å². The van der Waals surface area contributed by atoms with Crippen molar-refractivity contribution >= 4 is 28.6 Å². The minimum atomic E-state index is -0.312. The minimum absolute atomic E-state index is 0.278. The quantitative estimate of drug-likeness (QED) is 0.420. The molecule has 2 N–H and O–H groups in total. The highest BCUT2D eigenvalue weighted by Gasteiger charge is 2.16. The summed E-state index contributed by atoms with van der Waals surface area (Å²) in [7, 11) is 0. The summed E-state index contributed by atoms with van der Waals surface area (Å²) in [6, 6.07) is 21.2. The SMILES string of the molecule is CCOc1ccc(C=C(C(=O)NCc2ccc(F)cc2)c2nc3ccccc3[nH]2)cc1. The number of rotatable bonds is 7. The molecule has 156 valence electrons. The van der Waals surface area contributed by atoms with Gasteiger partial charge in [-0.15, -0.1) is 0 Å². The summed E-state index contributed by atoms with van der Waals surface area (Å²) in [4.78, 5) is 20.9. The predicted molar refractivity (Wildman–Crippen MR) is 120 cm³/mol. The maximum absolute atomic E-state index is 13.1. The molecule has 6 heteroatoms. The largest absolute Gasteiger partial charge is 0.494 e. The molecule has 0 aliphatic rings. The molecule has 0 atom stereocenters. The number of amides is 1. The number of fused-ring (bicyclic) bond motifs is 1. The van der Waals surface area contributed by atoms with E-state index in [4.69, 9.17) is 4.74 Å². The van der Waals surface area contributed by atoms with Gasteiger partial charge in [-0.2, -0.15) is 0 Å². The zero-order valence-corrected chi connectivity index (χ0v) is 17.1. The minimum Gasteiger partial charge on any atom is -0.494 e. The van der Waals surface area contributed by atoms with Crippen LogP contribution in [0.3, 0.4) is 0 Å². The normalized spacial score (nSPS) is 11.5. The Kier molecular flexibility index (Phi) is 6.08. The first-order valence-electron chi connectivity index (χ1n) is 10.0. The van der Waals surface area contributed by atoms with Gasteiger partial charge in [0.15, 0.2) is 0 Å². The molecular formula is C25H22FN3O2. The molecule has 0 fully saturated rings. The number of nitrogens with one attached hydrogen (secondary N) is 2. The first-order chi connectivity index (χ1) is 15.1. The number of aromatic nitrogens is 2. The highest BCUT2D eigenvalue weighted by molar-refractivity contribution is 6.23. The fourth-order valence-electron chi connectivity index (χ4n) is 3.20. The lowest BCUT2D eigenvalue weighted by Gasteiger charge is -2.08. The molecule has 0 saturated heterocycles. The number of H-pyrrole nitrogens is 1. The summed E-state index contributed by atoms with van der Waals surface area (Å²) in [5.41, 5.74) is 3.68. The molecule has 0 saturated carbocycles. The Labute approximate surface area is 179 Å². The number of halogens is 1. The van der Waals surface area contributed by atoms with Crippen LogP contribution in [0.1, 0.15) is 23.9 Å². The zero-order valence-electron chi connectivity index (χ0n) is 17.1. The number of nitrogens with zero attached hydrogens (tertiary/aromatic N) is 1. The van der Waals surface area contributed by atoms with Crippen LogP contribution >= 0.6 is 0 Å². The predicted octanol–water partition coefficient (Wildman–Crippen LogP) is 4.96. The van der Waals surface area contributed by atoms with E-state index in [9.17, 15) is 9.18 Å². The van der Waals surface area contributed by atoms with Crippen LogP contribution in [-0.4, -0.2) is 22.5 Å². The summed E-state index contributed by atoms with van der Waals surface area (Å²) in [5, 5.41) is 2.90. The highest BCUT2D eigenvalue weighted by atomic mass is 19.1. The molecule has 4 rings (SSSR count). The van der Waals surface area contributed by atoms with Crippen LogP contribution in [0, 0.1) is 5.82 Å². The van der Waals surface area contributed by atoms with Crippen LogP contribution in [0.25, 0.3) is 22.7 Å². The fraction of sp³-hybridized carbons (Fsp3) is 0.120. The van der Waals surface area contributed by atoms with Crippen molar-refractivity contribution in [2.75, 3.05) is 6.61 Å². The second kappa shape index (κ2) is 9.26. The lowest BCUT2D eigenvalue weighted by molar-refractivity contribution is -0.115. The molecular weight excluding hydrogens is 393 g/mol. The third-order valence-corrected chi connectivity index (χ3v) is 4.76. The van der Waals surface area contributed by atoms with Gasteiger partial charge in [-0.25, -0.2) is 9.37 Å². The smallest absolute Gasteiger partial charge is 0.255 e. The number of imidazole rings is 1. The summed E-state index contributed by atoms with van der Waals surface area (Å²) in [6.07, 6.45) is 1.79. The number of para-hydroxylation sites is 2. The number of carbonyl (C=O) groups excluding carboxylic acids is 1. The van der Waals surface area contributed by atoms with Gasteiger partial charge in [0, 0.05) is 6.54 Å². The molecule has 4 aromatic rings. The molecule has 1 heterocycles. The maximum atomic E-state index is 13.1. The fourth-order valence-corrected chi connectivity index (χ4v) is 3.20. The summed E-state index contributed by atoms with van der Waals surface area (Å²) < 4.78 is 18.6. The number of benzene rings is 3. The van der Waals surface area contributed by atoms with E-state index < -0.39 is 0 Å². The average molecular weight is 415 g/mol. The van der Waals surface area contributed by atoms with E-state index in [1.807, 2.05) is 55.5 Å². The van der Waals surface area contributed by atoms with Gasteiger partial charge >= 0.3 is 0 Å². The third-order valence-electron chi connectivity index (χ3n) is 4.76. The summed E-state index contributed by atoms with van der Waals surface area (Å²) >= 11 is 0. The first kappa shape index (κ1) is 20.3. The Balaban J connectivity index is 1.64. The van der Waals surface area contributed by atoms with Gasteiger partial charge < -0.3 is 15.0 Å². The molecule has 3 aromatic carbocycles. The zero-order chi connectivity index (χ0) is 21.6. The number of ether oxygens (including phenoxy) is 1. The van der Waals surface area contributed by atoms with Crippen LogP contribution in [0.15, 0.2) is 72.8 Å². The average Bonchev–Trinajstić information content (AvgIpc) is 3.22. The second-order valence-electron chi connectivity index (χ2n) is 6.97. The van der Waals surface area contributed by atoms with E-state index >= 15 is 0 Å². The third kappa shape index (κ3) is 4.98. The number of aromatic amines is 1. The second-order valence-corrected chi connectivity index (χ2v) is 6.97. The standard InChI is InChI=1S/C25H22FN3O2/c1-2-31-20-13-9-17(10-14-20)15-21(24-28-22-5-3-4-6-23(22)29-24)25(30)27-16-18-7-11-19(26)12-8-18/h3-15H,2,16H2,1H3,(H,27,30)(H,28,29). The monoisotopic (exact) mass is 415 g/mol. The van der Waals surface area contributed by atoms with E-state index in [2.05, 4.69) is 15.3 Å². The summed E-state index contributed by atoms with van der Waals surface area (Å²) in [6.45, 7) is 2.80. The highest BCUT2D eigenvalue weighted by Crippen LogP contribution is 2.21. The molecule has 1 amide bonds. The van der Waals surface area contributed by atoms with Crippen molar-refractivity contribution in [1.29, 1.82) is 0 Å². The van der Waals surface area contributed by atoms with Gasteiger partial charge in [0.05, 0.1) is 23.2 Å². The topological polar surface area (TPSA) is 67.0 Å². The molecule has 0 spiro atoms. The van der Waals surface area contributed by atoms with Crippen LogP contribution in [0.2, 0.25) is 0 Å². The van der Waals surface area contributed by atoms with E-state index in [1.165, 1.54) is 12.1 Å². The van der Waals surface area contributed by atoms with Crippen LogP contribution < -0.4 is 10.1 Å². The van der Waals surface area contributed by atoms with Crippen molar-refractivity contribution in [2.24, 2.45) is 0 Å². The van der Waals surface area contributed by atoms with Crippen LogP contribution in [0.4, 0.5) is 4.39 Å². The Morgan fingerprint density at radius 1 is 1.06 bits per heavy atom. The Morgan fingerprint density at radius 3 is 2.52 bits per heavy atom. The summed E-state index contributed by atoms with van der Waals surface area (Å²) in [5.74, 6) is 0.656. The van der Waals surface area contributed by atoms with Gasteiger partial charge in [0.2, 0.25) is 0 Å². The molecule has 0 radical (unpaired) electrons. The molecule has 0 bridgehead atoms. The van der Waals surface area contributed by atoms with Gasteiger partial charge in [-0.3, -0.25) is 4.79 Å². The first-order valence-corrected chi connectivity index (χ1v) is 10.0. The Morgan fingerprint density at radius 2 is 1.81 bits per heavy atom. The van der Waals surface area contributed by atoms with Gasteiger partial charge in [-0.05, 0) is 60.5 Å². The number of hydrogen-bond acceptors (Lipinski definition) is 3. The number of hydrogen-bond donors (Lipinski definition) is 2. The van der Waals surface area contributed by atoms with E-state index in [1.54, 1.807) is 18.2 Å². The van der Waals surface area contributed by atoms with Gasteiger partial charge in [0.1, 0.15) is 17.4 Å². The number of carbonyl (C=O) groups is 1. The van der Waals surface area contributed by atoms with Crippen LogP contribution in [0.5, 0.6) is 5.75 Å². The van der Waals surface area contributed by atoms with E-state index in [0.717, 1.165) is 27.9 Å². The molecule has 0 unspecified atom stereocenters. The van der Waals surface area contributed by atoms with Crippen molar-refractivity contribution in [3.05, 3.63) is 95.6 Å². The van der Waals surface area contributed by atoms with Crippen molar-refractivity contribution in [3.63, 3.8) is 0 Å². The van der Waals surface area contributed by atoms with E-state index in [0.29, 0.717) is 18.0 Å².